The van der Waals surface area contributed by atoms with Crippen molar-refractivity contribution < 1.29 is 24.1 Å². The number of aromatic nitrogens is 2. The Morgan fingerprint density at radius 1 is 1.24 bits per heavy atom. The van der Waals surface area contributed by atoms with Gasteiger partial charge < -0.3 is 39.8 Å². The van der Waals surface area contributed by atoms with Gasteiger partial charge in [-0.3, -0.25) is 4.79 Å². The maximum Gasteiger partial charge on any atom is 0.243 e. The maximum atomic E-state index is 11.7. The largest absolute Gasteiger partial charge is 0.492 e. The minimum absolute atomic E-state index is 0.228. The molecule has 0 aliphatic carbocycles. The Morgan fingerprint density at radius 3 is 2.51 bits per heavy atom. The van der Waals surface area contributed by atoms with Crippen molar-refractivity contribution in [1.82, 2.24) is 15.3 Å². The number of amides is 1. The van der Waals surface area contributed by atoms with Crippen LogP contribution in [0.2, 0.25) is 10.0 Å². The van der Waals surface area contributed by atoms with Crippen molar-refractivity contribution in [1.29, 1.82) is 0 Å². The average Bonchev–Trinajstić information content (AvgIpc) is 3.31. The summed E-state index contributed by atoms with van der Waals surface area (Å²) in [6.45, 7) is 8.94. The van der Waals surface area contributed by atoms with Crippen LogP contribution in [-0.2, 0) is 16.1 Å². The molecule has 4 rings (SSSR count). The molecule has 3 N–H and O–H groups in total. The van der Waals surface area contributed by atoms with E-state index in [9.17, 15) is 9.90 Å². The molecular weight excluding hydrogens is 523 g/mol. The first kappa shape index (κ1) is 27.1. The molecule has 1 fully saturated rings. The molecule has 1 aromatic heterocycles. The van der Waals surface area contributed by atoms with E-state index >= 15 is 0 Å². The van der Waals surface area contributed by atoms with Crippen LogP contribution in [0, 0.1) is 0 Å². The summed E-state index contributed by atoms with van der Waals surface area (Å²) in [5.74, 6) is 1.40. The van der Waals surface area contributed by atoms with Crippen LogP contribution in [0.25, 0.3) is 0 Å². The predicted molar refractivity (Wildman–Crippen MR) is 142 cm³/mol. The second-order valence-electron chi connectivity index (χ2n) is 8.45. The van der Waals surface area contributed by atoms with Gasteiger partial charge in [-0.15, -0.1) is 0 Å². The van der Waals surface area contributed by atoms with Gasteiger partial charge in [-0.25, -0.2) is 4.98 Å². The number of nitrogens with zero attached hydrogens (tertiary/aromatic N) is 4. The van der Waals surface area contributed by atoms with Crippen LogP contribution in [0.15, 0.2) is 24.9 Å². The van der Waals surface area contributed by atoms with Crippen LogP contribution in [0.5, 0.6) is 11.5 Å². The molecule has 11 nitrogen and oxygen atoms in total. The Hall–Kier alpha value is -2.99. The van der Waals surface area contributed by atoms with Gasteiger partial charge in [0.25, 0.3) is 0 Å². The Morgan fingerprint density at radius 2 is 1.89 bits per heavy atom. The SMILES string of the molecule is C=CC(=O)NC1COCC1Nc1ncc2c(n1)N(C)C(O)N(c1c(Cl)c(OCC)cc(OCC)c1Cl)C2. The van der Waals surface area contributed by atoms with Crippen LogP contribution in [0.1, 0.15) is 19.4 Å². The van der Waals surface area contributed by atoms with Gasteiger partial charge in [0.1, 0.15) is 27.4 Å². The summed E-state index contributed by atoms with van der Waals surface area (Å²) in [5, 5.41) is 17.8. The zero-order chi connectivity index (χ0) is 26.7. The fourth-order valence-electron chi connectivity index (χ4n) is 4.26. The first-order chi connectivity index (χ1) is 17.8. The number of hydrogen-bond donors (Lipinski definition) is 3. The fraction of sp³-hybridized carbons (Fsp3) is 0.458. The quantitative estimate of drug-likeness (QED) is 0.400. The lowest BCUT2D eigenvalue weighted by Gasteiger charge is -2.42. The summed E-state index contributed by atoms with van der Waals surface area (Å²) in [4.78, 5) is 24.0. The zero-order valence-electron chi connectivity index (χ0n) is 20.8. The van der Waals surface area contributed by atoms with Crippen LogP contribution in [-0.4, -0.2) is 72.9 Å². The molecule has 1 aromatic carbocycles. The standard InChI is InChI=1S/C24H30Cl2N6O5/c1-5-18(33)28-14-11-35-12-15(14)29-23-27-9-13-10-32(24(34)31(4)22(13)30-23)21-19(25)16(36-6-2)8-17(20(21)26)37-7-3/h5,8-9,14-15,24,34H,1,6-7,10-12H2,2-4H3,(H,28,33)(H,27,29,30). The Bertz CT molecular complexity index is 1140. The molecule has 1 saturated heterocycles. The topological polar surface area (TPSA) is 121 Å². The van der Waals surface area contributed by atoms with Crippen molar-refractivity contribution in [3.05, 3.63) is 40.5 Å². The normalized spacial score (nSPS) is 20.9. The van der Waals surface area contributed by atoms with Crippen molar-refractivity contribution in [3.63, 3.8) is 0 Å². The molecule has 200 valence electrons. The highest BCUT2D eigenvalue weighted by molar-refractivity contribution is 6.41. The van der Waals surface area contributed by atoms with Crippen molar-refractivity contribution in [2.45, 2.75) is 38.8 Å². The summed E-state index contributed by atoms with van der Waals surface area (Å²) >= 11 is 13.4. The van der Waals surface area contributed by atoms with Crippen molar-refractivity contribution in [2.24, 2.45) is 0 Å². The van der Waals surface area contributed by atoms with Gasteiger partial charge in [-0.05, 0) is 19.9 Å². The predicted octanol–water partition coefficient (Wildman–Crippen LogP) is 2.79. The van der Waals surface area contributed by atoms with Gasteiger partial charge in [-0.1, -0.05) is 29.8 Å². The molecular formula is C24H30Cl2N6O5. The molecule has 0 radical (unpaired) electrons. The smallest absolute Gasteiger partial charge is 0.243 e. The Kier molecular flexibility index (Phi) is 8.48. The number of aliphatic hydroxyl groups is 1. The first-order valence-electron chi connectivity index (χ1n) is 11.9. The number of hydrogen-bond acceptors (Lipinski definition) is 10. The van der Waals surface area contributed by atoms with Gasteiger partial charge in [0, 0.05) is 24.9 Å². The summed E-state index contributed by atoms with van der Waals surface area (Å²) in [6, 6.07) is 1.16. The molecule has 3 unspecified atom stereocenters. The molecule has 3 atom stereocenters. The van der Waals surface area contributed by atoms with Gasteiger partial charge in [0.15, 0.2) is 0 Å². The zero-order valence-corrected chi connectivity index (χ0v) is 22.3. The van der Waals surface area contributed by atoms with Gasteiger partial charge in [0.2, 0.25) is 18.2 Å². The van der Waals surface area contributed by atoms with E-state index in [0.29, 0.717) is 55.4 Å². The number of carbonyl (C=O) groups excluding carboxylic acids is 1. The Balaban J connectivity index is 1.62. The number of fused-ring (bicyclic) bond motifs is 1. The lowest BCUT2D eigenvalue weighted by atomic mass is 10.1. The third-order valence-corrected chi connectivity index (χ3v) is 6.78. The van der Waals surface area contributed by atoms with Crippen molar-refractivity contribution in [3.8, 4) is 11.5 Å². The minimum atomic E-state index is -1.15. The van der Waals surface area contributed by atoms with E-state index in [1.54, 1.807) is 29.1 Å². The van der Waals surface area contributed by atoms with Crippen LogP contribution < -0.4 is 29.9 Å². The number of ether oxygens (including phenoxy) is 3. The summed E-state index contributed by atoms with van der Waals surface area (Å²) in [6.07, 6.45) is 1.74. The first-order valence-corrected chi connectivity index (χ1v) is 12.6. The number of aliphatic hydroxyl groups excluding tert-OH is 1. The summed E-state index contributed by atoms with van der Waals surface area (Å²) in [7, 11) is 1.70. The van der Waals surface area contributed by atoms with E-state index in [1.165, 1.54) is 6.08 Å². The molecule has 0 saturated carbocycles. The van der Waals surface area contributed by atoms with E-state index in [0.717, 1.165) is 5.56 Å². The molecule has 37 heavy (non-hydrogen) atoms. The van der Waals surface area contributed by atoms with Gasteiger partial charge in [0.05, 0.1) is 50.7 Å². The van der Waals surface area contributed by atoms with E-state index in [4.69, 9.17) is 37.4 Å². The van der Waals surface area contributed by atoms with Crippen molar-refractivity contribution in [2.75, 3.05) is 48.6 Å². The highest BCUT2D eigenvalue weighted by Crippen LogP contribution is 2.48. The summed E-state index contributed by atoms with van der Waals surface area (Å²) in [5.41, 5.74) is 1.12. The summed E-state index contributed by atoms with van der Waals surface area (Å²) < 4.78 is 16.9. The van der Waals surface area contributed by atoms with E-state index < -0.39 is 6.35 Å². The second kappa shape index (κ2) is 11.6. The molecule has 1 amide bonds. The third kappa shape index (κ3) is 5.49. The number of rotatable bonds is 9. The molecule has 2 aliphatic heterocycles. The highest BCUT2D eigenvalue weighted by atomic mass is 35.5. The number of carbonyl (C=O) groups is 1. The van der Waals surface area contributed by atoms with Crippen LogP contribution in [0.3, 0.4) is 0 Å². The highest BCUT2D eigenvalue weighted by Gasteiger charge is 2.35. The van der Waals surface area contributed by atoms with Crippen LogP contribution in [0.4, 0.5) is 17.5 Å². The molecule has 3 heterocycles. The van der Waals surface area contributed by atoms with Gasteiger partial charge >= 0.3 is 0 Å². The van der Waals surface area contributed by atoms with Crippen LogP contribution >= 0.6 is 23.2 Å². The fourth-order valence-corrected chi connectivity index (χ4v) is 4.93. The molecule has 2 aromatic rings. The Labute approximate surface area is 225 Å². The lowest BCUT2D eigenvalue weighted by Crippen LogP contribution is -2.51. The third-order valence-electron chi connectivity index (χ3n) is 6.05. The monoisotopic (exact) mass is 552 g/mol. The van der Waals surface area contributed by atoms with E-state index in [-0.39, 0.29) is 34.6 Å². The maximum absolute atomic E-state index is 11.7. The molecule has 13 heteroatoms. The number of nitrogens with one attached hydrogen (secondary N) is 2. The van der Waals surface area contributed by atoms with E-state index in [1.807, 2.05) is 13.8 Å². The lowest BCUT2D eigenvalue weighted by molar-refractivity contribution is -0.117. The van der Waals surface area contributed by atoms with E-state index in [2.05, 4.69) is 27.2 Å². The van der Waals surface area contributed by atoms with Crippen molar-refractivity contribution >= 4 is 46.6 Å². The second-order valence-corrected chi connectivity index (χ2v) is 9.21. The molecule has 2 aliphatic rings. The number of halogens is 2. The van der Waals surface area contributed by atoms with Gasteiger partial charge in [-0.2, -0.15) is 4.98 Å². The molecule has 0 spiro atoms. The minimum Gasteiger partial charge on any atom is -0.492 e. The average molecular weight is 553 g/mol. The molecule has 0 bridgehead atoms. The number of benzene rings is 1. The number of anilines is 3.